The van der Waals surface area contributed by atoms with Crippen LogP contribution in [0, 0.1) is 13.8 Å². The van der Waals surface area contributed by atoms with Crippen molar-refractivity contribution in [1.82, 2.24) is 20.3 Å². The van der Waals surface area contributed by atoms with Crippen LogP contribution in [0.2, 0.25) is 5.02 Å². The molecule has 1 aliphatic heterocycles. The Morgan fingerprint density at radius 3 is 2.62 bits per heavy atom. The lowest BCUT2D eigenvalue weighted by atomic mass is 9.87. The lowest BCUT2D eigenvalue weighted by molar-refractivity contribution is 0.243. The number of ether oxygens (including phenoxy) is 1. The summed E-state index contributed by atoms with van der Waals surface area (Å²) in [5.74, 6) is 1.68. The van der Waals surface area contributed by atoms with Crippen LogP contribution in [-0.4, -0.2) is 34.1 Å². The number of fused-ring (bicyclic) bond motifs is 1. The molecule has 0 aliphatic carbocycles. The molecule has 7 nitrogen and oxygen atoms in total. The highest BCUT2D eigenvalue weighted by Gasteiger charge is 2.21. The summed E-state index contributed by atoms with van der Waals surface area (Å²) in [5, 5.41) is 8.06. The molecule has 5 rings (SSSR count). The summed E-state index contributed by atoms with van der Waals surface area (Å²) in [6.07, 6.45) is 3.98. The number of halogens is 1. The summed E-state index contributed by atoms with van der Waals surface area (Å²) >= 11 is 6.38. The molecule has 1 fully saturated rings. The van der Waals surface area contributed by atoms with E-state index >= 15 is 0 Å². The van der Waals surface area contributed by atoms with Crippen molar-refractivity contribution in [2.75, 3.05) is 18.4 Å². The molecule has 2 aromatic carbocycles. The maximum Gasteiger partial charge on any atom is 0.257 e. The van der Waals surface area contributed by atoms with E-state index in [1.807, 2.05) is 39.0 Å². The largest absolute Gasteiger partial charge is 0.489 e. The summed E-state index contributed by atoms with van der Waals surface area (Å²) in [7, 11) is 0. The molecule has 0 unspecified atom stereocenters. The Kier molecular flexibility index (Phi) is 7.17. The molecular weight excluding hydrogens is 486 g/mol. The number of aromatic amines is 1. The number of nitrogens with one attached hydrogen (secondary N) is 3. The molecule has 192 valence electrons. The van der Waals surface area contributed by atoms with E-state index in [4.69, 9.17) is 16.3 Å². The van der Waals surface area contributed by atoms with Gasteiger partial charge < -0.3 is 20.4 Å². The minimum absolute atomic E-state index is 0.0175. The Labute approximate surface area is 221 Å². The number of aryl methyl sites for hydroxylation is 2. The number of H-pyrrole nitrogens is 1. The van der Waals surface area contributed by atoms with Crippen LogP contribution in [0.3, 0.4) is 0 Å². The van der Waals surface area contributed by atoms with E-state index < -0.39 is 0 Å². The van der Waals surface area contributed by atoms with Gasteiger partial charge in [0.05, 0.1) is 17.4 Å². The van der Waals surface area contributed by atoms with Crippen LogP contribution in [0.4, 0.5) is 11.6 Å². The Balaban J connectivity index is 1.52. The van der Waals surface area contributed by atoms with Crippen molar-refractivity contribution in [2.24, 2.45) is 0 Å². The number of hydrogen-bond acceptors (Lipinski definition) is 6. The first-order valence-corrected chi connectivity index (χ1v) is 13.1. The van der Waals surface area contributed by atoms with Crippen LogP contribution in [0.1, 0.15) is 49.3 Å². The average molecular weight is 518 g/mol. The Morgan fingerprint density at radius 1 is 1.14 bits per heavy atom. The second-order valence-corrected chi connectivity index (χ2v) is 10.3. The van der Waals surface area contributed by atoms with Gasteiger partial charge in [-0.15, -0.1) is 0 Å². The molecule has 2 aromatic heterocycles. The number of aromatic nitrogens is 3. The molecule has 0 radical (unpaired) electrons. The summed E-state index contributed by atoms with van der Waals surface area (Å²) in [6, 6.07) is 11.6. The molecule has 3 N–H and O–H groups in total. The molecule has 1 aliphatic rings. The van der Waals surface area contributed by atoms with Crippen LogP contribution in [0.5, 0.6) is 5.75 Å². The smallest absolute Gasteiger partial charge is 0.257 e. The Hall–Kier alpha value is -3.42. The fraction of sp³-hybridized carbons (Fsp3) is 0.345. The van der Waals surface area contributed by atoms with Gasteiger partial charge in [0.25, 0.3) is 5.56 Å². The first-order valence-electron chi connectivity index (χ1n) is 12.7. The number of hydrogen-bond donors (Lipinski definition) is 3. The Bertz CT molecular complexity index is 1510. The van der Waals surface area contributed by atoms with Crippen molar-refractivity contribution in [3.05, 3.63) is 74.7 Å². The van der Waals surface area contributed by atoms with Gasteiger partial charge in [-0.1, -0.05) is 29.8 Å². The first kappa shape index (κ1) is 25.2. The zero-order valence-electron chi connectivity index (χ0n) is 21.6. The second kappa shape index (κ2) is 10.5. The molecule has 37 heavy (non-hydrogen) atoms. The van der Waals surface area contributed by atoms with E-state index in [0.29, 0.717) is 33.7 Å². The number of pyridine rings is 1. The van der Waals surface area contributed by atoms with Gasteiger partial charge in [0.2, 0.25) is 5.95 Å². The van der Waals surface area contributed by atoms with E-state index in [2.05, 4.69) is 44.6 Å². The van der Waals surface area contributed by atoms with Gasteiger partial charge >= 0.3 is 0 Å². The third-order valence-electron chi connectivity index (χ3n) is 6.93. The molecule has 0 spiro atoms. The lowest BCUT2D eigenvalue weighted by Gasteiger charge is -2.26. The molecule has 0 bridgehead atoms. The standard InChI is InChI=1S/C29H32ClN5O2/c1-16(2)37-25-14-21(19-9-11-31-12-10-19)17(3)13-24(25)33-29-32-15-22-18(4)26(28(36)34-27(22)35-29)20-7-5-6-8-23(20)30/h5-8,13-16,19,31H,9-12H2,1-4H3,(H2,32,33,34,35,36). The van der Waals surface area contributed by atoms with Gasteiger partial charge in [-0.2, -0.15) is 4.98 Å². The van der Waals surface area contributed by atoms with Crippen molar-refractivity contribution in [1.29, 1.82) is 0 Å². The topological polar surface area (TPSA) is 91.9 Å². The van der Waals surface area contributed by atoms with E-state index in [1.54, 1.807) is 12.3 Å². The van der Waals surface area contributed by atoms with Gasteiger partial charge in [0.15, 0.2) is 0 Å². The molecule has 0 saturated carbocycles. The van der Waals surface area contributed by atoms with Gasteiger partial charge in [0, 0.05) is 22.2 Å². The number of anilines is 2. The summed E-state index contributed by atoms with van der Waals surface area (Å²) < 4.78 is 6.20. The highest BCUT2D eigenvalue weighted by atomic mass is 35.5. The van der Waals surface area contributed by atoms with Crippen LogP contribution >= 0.6 is 11.6 Å². The van der Waals surface area contributed by atoms with E-state index in [0.717, 1.165) is 48.3 Å². The second-order valence-electron chi connectivity index (χ2n) is 9.91. The minimum Gasteiger partial charge on any atom is -0.489 e. The fourth-order valence-corrected chi connectivity index (χ4v) is 5.35. The number of benzene rings is 2. The molecule has 3 heterocycles. The van der Waals surface area contributed by atoms with Gasteiger partial charge in [-0.25, -0.2) is 4.98 Å². The van der Waals surface area contributed by atoms with Crippen molar-refractivity contribution < 1.29 is 4.74 Å². The molecule has 8 heteroatoms. The Morgan fingerprint density at radius 2 is 1.89 bits per heavy atom. The van der Waals surface area contributed by atoms with E-state index in [1.165, 1.54) is 11.1 Å². The van der Waals surface area contributed by atoms with Gasteiger partial charge in [-0.3, -0.25) is 4.79 Å². The molecule has 0 atom stereocenters. The predicted octanol–water partition coefficient (Wildman–Crippen LogP) is 6.25. The SMILES string of the molecule is Cc1cc(Nc2ncc3c(C)c(-c4ccccc4Cl)c(=O)[nH]c3n2)c(OC(C)C)cc1C1CCNCC1. The molecule has 4 aromatic rings. The van der Waals surface area contributed by atoms with E-state index in [9.17, 15) is 4.79 Å². The average Bonchev–Trinajstić information content (AvgIpc) is 2.87. The third-order valence-corrected chi connectivity index (χ3v) is 7.26. The number of piperidine rings is 1. The molecule has 0 amide bonds. The summed E-state index contributed by atoms with van der Waals surface area (Å²) in [5.41, 5.74) is 5.55. The fourth-order valence-electron chi connectivity index (χ4n) is 5.12. The zero-order chi connectivity index (χ0) is 26.1. The van der Waals surface area contributed by atoms with E-state index in [-0.39, 0.29) is 11.7 Å². The van der Waals surface area contributed by atoms with Crippen molar-refractivity contribution >= 4 is 34.3 Å². The predicted molar refractivity (Wildman–Crippen MR) is 150 cm³/mol. The van der Waals surface area contributed by atoms with Crippen LogP contribution in [-0.2, 0) is 0 Å². The maximum atomic E-state index is 13.1. The first-order chi connectivity index (χ1) is 17.8. The van der Waals surface area contributed by atoms with Gasteiger partial charge in [0.1, 0.15) is 11.4 Å². The van der Waals surface area contributed by atoms with Crippen LogP contribution in [0.25, 0.3) is 22.2 Å². The molecular formula is C29H32ClN5O2. The summed E-state index contributed by atoms with van der Waals surface area (Å²) in [4.78, 5) is 25.2. The van der Waals surface area contributed by atoms with Crippen LogP contribution < -0.4 is 20.9 Å². The number of rotatable bonds is 6. The van der Waals surface area contributed by atoms with Crippen molar-refractivity contribution in [2.45, 2.75) is 52.6 Å². The maximum absolute atomic E-state index is 13.1. The third kappa shape index (κ3) is 5.20. The van der Waals surface area contributed by atoms with Gasteiger partial charge in [-0.05, 0) is 94.4 Å². The molecule has 1 saturated heterocycles. The summed E-state index contributed by atoms with van der Waals surface area (Å²) in [6.45, 7) is 10.1. The highest BCUT2D eigenvalue weighted by Crippen LogP contribution is 2.37. The zero-order valence-corrected chi connectivity index (χ0v) is 22.4. The highest BCUT2D eigenvalue weighted by molar-refractivity contribution is 6.33. The quantitative estimate of drug-likeness (QED) is 0.280. The van der Waals surface area contributed by atoms with Crippen molar-refractivity contribution in [3.8, 4) is 16.9 Å². The minimum atomic E-state index is -0.242. The van der Waals surface area contributed by atoms with Crippen molar-refractivity contribution in [3.63, 3.8) is 0 Å². The normalized spacial score (nSPS) is 14.3. The lowest BCUT2D eigenvalue weighted by Crippen LogP contribution is -2.27. The van der Waals surface area contributed by atoms with Crippen LogP contribution in [0.15, 0.2) is 47.4 Å². The monoisotopic (exact) mass is 517 g/mol. The number of nitrogens with zero attached hydrogens (tertiary/aromatic N) is 2.